The molecule has 1 nitrogen and oxygen atoms in total. The molecule has 0 atom stereocenters. The first-order valence-corrected chi connectivity index (χ1v) is 10.4. The second-order valence-corrected chi connectivity index (χ2v) is 6.95. The first kappa shape index (κ1) is 21.1. The van der Waals surface area contributed by atoms with Gasteiger partial charge in [0.15, 0.2) is 0 Å². The van der Waals surface area contributed by atoms with Gasteiger partial charge in [0.1, 0.15) is 12.4 Å². The molecule has 0 N–H and O–H groups in total. The molecule has 1 aromatic carbocycles. The van der Waals surface area contributed by atoms with E-state index in [-0.39, 0.29) is 0 Å². The molecular weight excluding hydrogens is 292 g/mol. The Hall–Kier alpha value is -0.980. The minimum Gasteiger partial charge on any atom is -0.487 e. The highest BCUT2D eigenvalue weighted by atomic mass is 16.5. The zero-order chi connectivity index (χ0) is 17.3. The Morgan fingerprint density at radius 3 is 1.75 bits per heavy atom. The SMILES string of the molecule is C[CH]Oc1ccccc1CCCCCCCCCCCCCCC. The average molecular weight is 332 g/mol. The smallest absolute Gasteiger partial charge is 0.132 e. The van der Waals surface area contributed by atoms with Crippen molar-refractivity contribution >= 4 is 0 Å². The Morgan fingerprint density at radius 1 is 0.708 bits per heavy atom. The van der Waals surface area contributed by atoms with Crippen LogP contribution in [0.2, 0.25) is 0 Å². The maximum Gasteiger partial charge on any atom is 0.132 e. The van der Waals surface area contributed by atoms with E-state index in [0.717, 1.165) is 12.2 Å². The van der Waals surface area contributed by atoms with Crippen LogP contribution in [0.4, 0.5) is 0 Å². The summed E-state index contributed by atoms with van der Waals surface area (Å²) in [5.41, 5.74) is 1.35. The highest BCUT2D eigenvalue weighted by molar-refractivity contribution is 5.33. The number of aryl methyl sites for hydroxylation is 1. The molecule has 0 spiro atoms. The number of rotatable bonds is 16. The Labute approximate surface area is 151 Å². The fourth-order valence-electron chi connectivity index (χ4n) is 3.29. The van der Waals surface area contributed by atoms with Gasteiger partial charge in [0.05, 0.1) is 0 Å². The van der Waals surface area contributed by atoms with Gasteiger partial charge in [-0.25, -0.2) is 0 Å². The molecule has 0 heterocycles. The highest BCUT2D eigenvalue weighted by Gasteiger charge is 2.02. The number of ether oxygens (including phenoxy) is 1. The maximum atomic E-state index is 5.58. The quantitative estimate of drug-likeness (QED) is 0.280. The molecule has 0 saturated carbocycles. The summed E-state index contributed by atoms with van der Waals surface area (Å²) in [7, 11) is 0. The molecule has 0 unspecified atom stereocenters. The molecule has 0 aliphatic carbocycles. The lowest BCUT2D eigenvalue weighted by Crippen LogP contribution is -1.93. The monoisotopic (exact) mass is 331 g/mol. The average Bonchev–Trinajstić information content (AvgIpc) is 2.60. The molecule has 0 aliphatic rings. The maximum absolute atomic E-state index is 5.58. The molecule has 1 heteroatoms. The first-order valence-electron chi connectivity index (χ1n) is 10.4. The Bertz CT molecular complexity index is 385. The Kier molecular flexibility index (Phi) is 13.6. The third-order valence-corrected chi connectivity index (χ3v) is 4.77. The topological polar surface area (TPSA) is 9.23 Å². The Balaban J connectivity index is 1.90. The third-order valence-electron chi connectivity index (χ3n) is 4.77. The van der Waals surface area contributed by atoms with Crippen molar-refractivity contribution in [1.29, 1.82) is 0 Å². The molecule has 0 aromatic heterocycles. The largest absolute Gasteiger partial charge is 0.487 e. The lowest BCUT2D eigenvalue weighted by atomic mass is 10.0. The zero-order valence-electron chi connectivity index (χ0n) is 16.2. The summed E-state index contributed by atoms with van der Waals surface area (Å²) in [5.74, 6) is 1.03. The van der Waals surface area contributed by atoms with Crippen LogP contribution in [0, 0.1) is 6.61 Å². The summed E-state index contributed by atoms with van der Waals surface area (Å²) in [5, 5.41) is 0. The third kappa shape index (κ3) is 10.7. The molecule has 1 radical (unpaired) electrons. The van der Waals surface area contributed by atoms with Crippen LogP contribution in [0.25, 0.3) is 0 Å². The molecule has 0 aliphatic heterocycles. The first-order chi connectivity index (χ1) is 11.9. The van der Waals surface area contributed by atoms with Crippen LogP contribution < -0.4 is 4.74 Å². The summed E-state index contributed by atoms with van der Waals surface area (Å²) < 4.78 is 5.58. The molecule has 1 rings (SSSR count). The highest BCUT2D eigenvalue weighted by Crippen LogP contribution is 2.21. The van der Waals surface area contributed by atoms with Gasteiger partial charge < -0.3 is 4.74 Å². The van der Waals surface area contributed by atoms with E-state index in [0.29, 0.717) is 0 Å². The fourth-order valence-corrected chi connectivity index (χ4v) is 3.29. The van der Waals surface area contributed by atoms with Gasteiger partial charge in [0.2, 0.25) is 0 Å². The van der Waals surface area contributed by atoms with Gasteiger partial charge in [-0.2, -0.15) is 0 Å². The number of para-hydroxylation sites is 1. The molecule has 137 valence electrons. The number of hydrogen-bond acceptors (Lipinski definition) is 1. The molecule has 1 aromatic rings. The molecule has 0 bridgehead atoms. The van der Waals surface area contributed by atoms with Crippen LogP contribution in [0.1, 0.15) is 103 Å². The lowest BCUT2D eigenvalue weighted by Gasteiger charge is -2.09. The molecule has 24 heavy (non-hydrogen) atoms. The van der Waals surface area contributed by atoms with Crippen LogP contribution in [0.5, 0.6) is 5.75 Å². The molecule has 0 amide bonds. The van der Waals surface area contributed by atoms with Crippen molar-refractivity contribution in [2.24, 2.45) is 0 Å². The van der Waals surface area contributed by atoms with Crippen LogP contribution >= 0.6 is 0 Å². The molecular formula is C23H39O. The van der Waals surface area contributed by atoms with E-state index in [1.54, 1.807) is 6.61 Å². The standard InChI is InChI=1S/C23H39O/c1-3-5-6-7-8-9-10-11-12-13-14-15-16-19-22-20-17-18-21-23(22)24-4-2/h4,17-18,20-21H,3,5-16,19H2,1-2H3. The number of benzene rings is 1. The van der Waals surface area contributed by atoms with Gasteiger partial charge in [-0.1, -0.05) is 102 Å². The summed E-state index contributed by atoms with van der Waals surface area (Å²) in [6, 6.07) is 8.42. The second kappa shape index (κ2) is 15.5. The number of unbranched alkanes of at least 4 members (excludes halogenated alkanes) is 12. The van der Waals surface area contributed by atoms with Crippen molar-refractivity contribution in [3.8, 4) is 5.75 Å². The van der Waals surface area contributed by atoms with Crippen LogP contribution in [-0.2, 0) is 6.42 Å². The van der Waals surface area contributed by atoms with E-state index in [4.69, 9.17) is 4.74 Å². The zero-order valence-corrected chi connectivity index (χ0v) is 16.2. The summed E-state index contributed by atoms with van der Waals surface area (Å²) in [6.07, 6.45) is 19.5. The lowest BCUT2D eigenvalue weighted by molar-refractivity contribution is 0.410. The molecule has 0 saturated heterocycles. The van der Waals surface area contributed by atoms with E-state index < -0.39 is 0 Å². The fraction of sp³-hybridized carbons (Fsp3) is 0.696. The van der Waals surface area contributed by atoms with E-state index in [1.807, 2.05) is 13.0 Å². The number of hydrogen-bond donors (Lipinski definition) is 0. The normalized spacial score (nSPS) is 10.9. The summed E-state index contributed by atoms with van der Waals surface area (Å²) in [4.78, 5) is 0. The van der Waals surface area contributed by atoms with E-state index in [1.165, 1.54) is 89.0 Å². The van der Waals surface area contributed by atoms with E-state index >= 15 is 0 Å². The van der Waals surface area contributed by atoms with E-state index in [2.05, 4.69) is 25.1 Å². The minimum atomic E-state index is 1.03. The predicted molar refractivity (Wildman–Crippen MR) is 106 cm³/mol. The van der Waals surface area contributed by atoms with Gasteiger partial charge >= 0.3 is 0 Å². The Morgan fingerprint density at radius 2 is 1.21 bits per heavy atom. The van der Waals surface area contributed by atoms with Crippen molar-refractivity contribution in [2.45, 2.75) is 104 Å². The second-order valence-electron chi connectivity index (χ2n) is 6.95. The van der Waals surface area contributed by atoms with Crippen LogP contribution in [-0.4, -0.2) is 0 Å². The summed E-state index contributed by atoms with van der Waals surface area (Å²) >= 11 is 0. The van der Waals surface area contributed by atoms with Gasteiger partial charge in [-0.15, -0.1) is 0 Å². The van der Waals surface area contributed by atoms with Crippen molar-refractivity contribution in [3.63, 3.8) is 0 Å². The minimum absolute atomic E-state index is 1.03. The molecule has 0 fully saturated rings. The van der Waals surface area contributed by atoms with Gasteiger partial charge in [-0.3, -0.25) is 0 Å². The van der Waals surface area contributed by atoms with Crippen LogP contribution in [0.3, 0.4) is 0 Å². The van der Waals surface area contributed by atoms with E-state index in [9.17, 15) is 0 Å². The van der Waals surface area contributed by atoms with Crippen molar-refractivity contribution in [1.82, 2.24) is 0 Å². The van der Waals surface area contributed by atoms with Crippen molar-refractivity contribution in [3.05, 3.63) is 36.4 Å². The van der Waals surface area contributed by atoms with Crippen molar-refractivity contribution < 1.29 is 4.74 Å². The van der Waals surface area contributed by atoms with Gasteiger partial charge in [0.25, 0.3) is 0 Å². The van der Waals surface area contributed by atoms with Crippen molar-refractivity contribution in [2.75, 3.05) is 0 Å². The van der Waals surface area contributed by atoms with Gasteiger partial charge in [0, 0.05) is 0 Å². The van der Waals surface area contributed by atoms with Gasteiger partial charge in [-0.05, 0) is 31.4 Å². The van der Waals surface area contributed by atoms with Crippen LogP contribution in [0.15, 0.2) is 24.3 Å². The summed E-state index contributed by atoms with van der Waals surface area (Å²) in [6.45, 7) is 5.99. The predicted octanol–water partition coefficient (Wildman–Crippen LogP) is 7.88.